The molecule has 0 fully saturated rings. The van der Waals surface area contributed by atoms with Gasteiger partial charge in [0, 0.05) is 15.9 Å². The Labute approximate surface area is 132 Å². The number of carboxylic acids is 1. The lowest BCUT2D eigenvalue weighted by Crippen LogP contribution is -2.08. The minimum absolute atomic E-state index is 0.207. The number of anilines is 2. The van der Waals surface area contributed by atoms with E-state index in [1.54, 1.807) is 13.0 Å². The van der Waals surface area contributed by atoms with Crippen LogP contribution >= 0.6 is 15.9 Å². The van der Waals surface area contributed by atoms with Crippen molar-refractivity contribution in [2.45, 2.75) is 27.7 Å². The largest absolute Gasteiger partial charge is 0.478 e. The Bertz CT molecular complexity index is 703. The number of nitrogens with one attached hydrogen (secondary N) is 1. The van der Waals surface area contributed by atoms with Crippen LogP contribution in [0.2, 0.25) is 0 Å². The zero-order chi connectivity index (χ0) is 15.7. The van der Waals surface area contributed by atoms with Crippen LogP contribution in [-0.2, 0) is 0 Å². The fraction of sp³-hybridized carbons (Fsp3) is 0.250. The van der Waals surface area contributed by atoms with E-state index in [1.807, 2.05) is 32.9 Å². The lowest BCUT2D eigenvalue weighted by Gasteiger charge is -2.14. The molecule has 0 aliphatic rings. The molecular formula is C16H17BrN2O2. The highest BCUT2D eigenvalue weighted by molar-refractivity contribution is 9.10. The normalized spacial score (nSPS) is 10.5. The third-order valence-electron chi connectivity index (χ3n) is 3.26. The molecule has 2 aromatic rings. The molecule has 0 spiro atoms. The summed E-state index contributed by atoms with van der Waals surface area (Å²) in [6, 6.07) is 5.69. The molecule has 2 N–H and O–H groups in total. The van der Waals surface area contributed by atoms with Crippen molar-refractivity contribution in [1.29, 1.82) is 0 Å². The van der Waals surface area contributed by atoms with Crippen molar-refractivity contribution >= 4 is 33.4 Å². The van der Waals surface area contributed by atoms with E-state index in [4.69, 9.17) is 0 Å². The van der Waals surface area contributed by atoms with Crippen molar-refractivity contribution in [3.05, 3.63) is 50.6 Å². The summed E-state index contributed by atoms with van der Waals surface area (Å²) in [5.74, 6) is -0.603. The molecule has 2 rings (SSSR count). The summed E-state index contributed by atoms with van der Waals surface area (Å²) in [5.41, 5.74) is 4.68. The van der Waals surface area contributed by atoms with Gasteiger partial charge in [0.2, 0.25) is 0 Å². The van der Waals surface area contributed by atoms with Crippen molar-refractivity contribution in [3.8, 4) is 0 Å². The predicted octanol–water partition coefficient (Wildman–Crippen LogP) is 4.52. The van der Waals surface area contributed by atoms with Gasteiger partial charge in [0.25, 0.3) is 0 Å². The molecule has 1 aromatic carbocycles. The Morgan fingerprint density at radius 1 is 1.10 bits per heavy atom. The van der Waals surface area contributed by atoms with Gasteiger partial charge in [-0.05, 0) is 62.6 Å². The highest BCUT2D eigenvalue weighted by Gasteiger charge is 2.16. The molecule has 0 bridgehead atoms. The summed E-state index contributed by atoms with van der Waals surface area (Å²) in [6.07, 6.45) is 0. The highest BCUT2D eigenvalue weighted by atomic mass is 79.9. The van der Waals surface area contributed by atoms with E-state index in [9.17, 15) is 9.90 Å². The molecule has 0 saturated heterocycles. The first-order valence-corrected chi connectivity index (χ1v) is 7.34. The van der Waals surface area contributed by atoms with E-state index < -0.39 is 5.97 Å². The smallest absolute Gasteiger partial charge is 0.339 e. The summed E-state index contributed by atoms with van der Waals surface area (Å²) in [7, 11) is 0. The van der Waals surface area contributed by atoms with Crippen LogP contribution in [0.1, 0.15) is 32.7 Å². The number of carboxylic acid groups (broad SMARTS) is 1. The second-order valence-electron chi connectivity index (χ2n) is 5.16. The number of nitrogens with zero attached hydrogens (tertiary/aromatic N) is 1. The second-order valence-corrected chi connectivity index (χ2v) is 5.95. The fourth-order valence-corrected chi connectivity index (χ4v) is 2.58. The van der Waals surface area contributed by atoms with Crippen molar-refractivity contribution in [1.82, 2.24) is 4.98 Å². The zero-order valence-corrected chi connectivity index (χ0v) is 14.0. The quantitative estimate of drug-likeness (QED) is 0.855. The third-order valence-corrected chi connectivity index (χ3v) is 4.51. The Kier molecular flexibility index (Phi) is 4.32. The monoisotopic (exact) mass is 348 g/mol. The minimum atomic E-state index is -0.979. The van der Waals surface area contributed by atoms with Gasteiger partial charge in [-0.2, -0.15) is 0 Å². The minimum Gasteiger partial charge on any atom is -0.478 e. The number of halogens is 1. The number of rotatable bonds is 3. The van der Waals surface area contributed by atoms with E-state index >= 15 is 0 Å². The van der Waals surface area contributed by atoms with Crippen LogP contribution < -0.4 is 5.32 Å². The molecule has 5 heteroatoms. The number of pyridine rings is 1. The first-order chi connectivity index (χ1) is 9.79. The number of benzene rings is 1. The molecule has 110 valence electrons. The Balaban J connectivity index is 2.51. The van der Waals surface area contributed by atoms with Gasteiger partial charge in [0.1, 0.15) is 11.4 Å². The molecular weight excluding hydrogens is 332 g/mol. The summed E-state index contributed by atoms with van der Waals surface area (Å²) in [4.78, 5) is 15.8. The standard InChI is InChI=1S/C16H17BrN2O2/c1-8-5-11(4)18-15(13(8)16(20)21)19-12-6-9(2)14(17)10(3)7-12/h5-7H,1-4H3,(H,18,19)(H,20,21). The van der Waals surface area contributed by atoms with Crippen molar-refractivity contribution in [3.63, 3.8) is 0 Å². The summed E-state index contributed by atoms with van der Waals surface area (Å²) in [6.45, 7) is 7.62. The number of aromatic carboxylic acids is 1. The van der Waals surface area contributed by atoms with Crippen molar-refractivity contribution < 1.29 is 9.90 Å². The van der Waals surface area contributed by atoms with Gasteiger partial charge in [-0.1, -0.05) is 15.9 Å². The van der Waals surface area contributed by atoms with Crippen LogP contribution in [0.3, 0.4) is 0 Å². The number of aryl methyl sites for hydroxylation is 4. The first kappa shape index (κ1) is 15.5. The lowest BCUT2D eigenvalue weighted by atomic mass is 10.1. The van der Waals surface area contributed by atoms with E-state index in [0.29, 0.717) is 11.4 Å². The molecule has 0 atom stereocenters. The van der Waals surface area contributed by atoms with Crippen LogP contribution in [0.4, 0.5) is 11.5 Å². The second kappa shape index (κ2) is 5.85. The maximum absolute atomic E-state index is 11.4. The SMILES string of the molecule is Cc1cc(C)c(C(=O)O)c(Nc2cc(C)c(Br)c(C)c2)n1. The van der Waals surface area contributed by atoms with Gasteiger partial charge in [0.05, 0.1) is 0 Å². The van der Waals surface area contributed by atoms with E-state index in [1.165, 1.54) is 0 Å². The van der Waals surface area contributed by atoms with E-state index in [2.05, 4.69) is 26.2 Å². The number of hydrogen-bond donors (Lipinski definition) is 2. The lowest BCUT2D eigenvalue weighted by molar-refractivity contribution is 0.0697. The topological polar surface area (TPSA) is 62.2 Å². The van der Waals surface area contributed by atoms with Gasteiger partial charge in [-0.3, -0.25) is 0 Å². The molecule has 0 amide bonds. The molecule has 1 aromatic heterocycles. The molecule has 1 heterocycles. The van der Waals surface area contributed by atoms with Gasteiger partial charge < -0.3 is 10.4 Å². The van der Waals surface area contributed by atoms with Crippen molar-refractivity contribution in [2.75, 3.05) is 5.32 Å². The average molecular weight is 349 g/mol. The molecule has 4 nitrogen and oxygen atoms in total. The third kappa shape index (κ3) is 3.24. The van der Waals surface area contributed by atoms with Gasteiger partial charge >= 0.3 is 5.97 Å². The van der Waals surface area contributed by atoms with Crippen LogP contribution in [0.5, 0.6) is 0 Å². The number of aromatic nitrogens is 1. The van der Waals surface area contributed by atoms with Gasteiger partial charge in [0.15, 0.2) is 0 Å². The van der Waals surface area contributed by atoms with E-state index in [-0.39, 0.29) is 5.56 Å². The molecule has 0 saturated carbocycles. The van der Waals surface area contributed by atoms with Crippen LogP contribution in [0, 0.1) is 27.7 Å². The number of carbonyl (C=O) groups is 1. The summed E-state index contributed by atoms with van der Waals surface area (Å²) < 4.78 is 1.06. The maximum atomic E-state index is 11.4. The van der Waals surface area contributed by atoms with Gasteiger partial charge in [-0.25, -0.2) is 9.78 Å². The fourth-order valence-electron chi connectivity index (χ4n) is 2.35. The van der Waals surface area contributed by atoms with Crippen LogP contribution in [0.25, 0.3) is 0 Å². The molecule has 21 heavy (non-hydrogen) atoms. The molecule has 0 aliphatic carbocycles. The van der Waals surface area contributed by atoms with Crippen LogP contribution in [-0.4, -0.2) is 16.1 Å². The first-order valence-electron chi connectivity index (χ1n) is 6.55. The highest BCUT2D eigenvalue weighted by Crippen LogP contribution is 2.28. The zero-order valence-electron chi connectivity index (χ0n) is 12.4. The van der Waals surface area contributed by atoms with Crippen LogP contribution in [0.15, 0.2) is 22.7 Å². The Morgan fingerprint density at radius 3 is 2.19 bits per heavy atom. The Hall–Kier alpha value is -1.88. The average Bonchev–Trinajstić information content (AvgIpc) is 2.34. The summed E-state index contributed by atoms with van der Waals surface area (Å²) >= 11 is 3.52. The number of hydrogen-bond acceptors (Lipinski definition) is 3. The molecule has 0 radical (unpaired) electrons. The maximum Gasteiger partial charge on any atom is 0.339 e. The summed E-state index contributed by atoms with van der Waals surface area (Å²) in [5, 5.41) is 12.5. The Morgan fingerprint density at radius 2 is 1.67 bits per heavy atom. The molecule has 0 unspecified atom stereocenters. The molecule has 0 aliphatic heterocycles. The van der Waals surface area contributed by atoms with E-state index in [0.717, 1.165) is 27.0 Å². The van der Waals surface area contributed by atoms with Crippen molar-refractivity contribution in [2.24, 2.45) is 0 Å². The van der Waals surface area contributed by atoms with Gasteiger partial charge in [-0.15, -0.1) is 0 Å². The predicted molar refractivity (Wildman–Crippen MR) is 87.6 cm³/mol.